The zero-order chi connectivity index (χ0) is 10.0. The minimum Gasteiger partial charge on any atom is -0.238 e. The fourth-order valence-electron chi connectivity index (χ4n) is 1.01. The lowest BCUT2D eigenvalue weighted by atomic mass is 10.1. The quantitative estimate of drug-likeness (QED) is 0.590. The lowest BCUT2D eigenvalue weighted by Gasteiger charge is -2.09. The first-order valence-corrected chi connectivity index (χ1v) is 6.19. The van der Waals surface area contributed by atoms with Gasteiger partial charge in [-0.15, -0.1) is 0 Å². The minimum atomic E-state index is -0.282. The molecule has 0 aromatic carbocycles. The zero-order valence-corrected chi connectivity index (χ0v) is 10.8. The normalized spacial score (nSPS) is 10.5. The number of alkyl halides is 2. The standard InChI is InChI=1S/C8H7Br2ClFN/c1-4-7(12)5(2-9)6(3-10)8(11)13-4/h2-3H2,1H3. The maximum atomic E-state index is 13.5. The first-order valence-electron chi connectivity index (χ1n) is 3.57. The van der Waals surface area contributed by atoms with Crippen LogP contribution in [0.1, 0.15) is 16.8 Å². The number of hydrogen-bond donors (Lipinski definition) is 0. The highest BCUT2D eigenvalue weighted by Crippen LogP contribution is 2.26. The van der Waals surface area contributed by atoms with Crippen LogP contribution in [0, 0.1) is 12.7 Å². The van der Waals surface area contributed by atoms with Gasteiger partial charge in [-0.1, -0.05) is 43.5 Å². The molecule has 0 atom stereocenters. The van der Waals surface area contributed by atoms with Crippen molar-refractivity contribution in [3.05, 3.63) is 27.8 Å². The summed E-state index contributed by atoms with van der Waals surface area (Å²) in [6.07, 6.45) is 0. The number of pyridine rings is 1. The Morgan fingerprint density at radius 2 is 1.85 bits per heavy atom. The Hall–Kier alpha value is 0.330. The van der Waals surface area contributed by atoms with Crippen LogP contribution in [0.2, 0.25) is 5.15 Å². The average molecular weight is 331 g/mol. The minimum absolute atomic E-state index is 0.282. The second-order valence-electron chi connectivity index (χ2n) is 2.53. The van der Waals surface area contributed by atoms with Crippen molar-refractivity contribution in [3.8, 4) is 0 Å². The largest absolute Gasteiger partial charge is 0.238 e. The molecule has 0 saturated heterocycles. The van der Waals surface area contributed by atoms with Crippen LogP contribution in [0.5, 0.6) is 0 Å². The SMILES string of the molecule is Cc1nc(Cl)c(CBr)c(CBr)c1F. The van der Waals surface area contributed by atoms with Gasteiger partial charge < -0.3 is 0 Å². The molecular formula is C8H7Br2ClFN. The Balaban J connectivity index is 3.41. The molecule has 13 heavy (non-hydrogen) atoms. The summed E-state index contributed by atoms with van der Waals surface area (Å²) in [6, 6.07) is 0. The van der Waals surface area contributed by atoms with E-state index in [9.17, 15) is 4.39 Å². The maximum absolute atomic E-state index is 13.5. The summed E-state index contributed by atoms with van der Waals surface area (Å²) in [5.74, 6) is -0.282. The number of nitrogens with zero attached hydrogens (tertiary/aromatic N) is 1. The predicted molar refractivity (Wildman–Crippen MR) is 59.2 cm³/mol. The Labute approximate surface area is 97.9 Å². The number of halogens is 4. The fraction of sp³-hybridized carbons (Fsp3) is 0.375. The monoisotopic (exact) mass is 329 g/mol. The number of rotatable bonds is 2. The molecule has 0 aliphatic heterocycles. The lowest BCUT2D eigenvalue weighted by Crippen LogP contribution is -2.01. The van der Waals surface area contributed by atoms with Crippen LogP contribution in [0.4, 0.5) is 4.39 Å². The van der Waals surface area contributed by atoms with E-state index in [2.05, 4.69) is 36.8 Å². The summed E-state index contributed by atoms with van der Waals surface area (Å²) in [4.78, 5) is 3.89. The molecule has 72 valence electrons. The van der Waals surface area contributed by atoms with Crippen molar-refractivity contribution >= 4 is 43.5 Å². The summed E-state index contributed by atoms with van der Waals surface area (Å²) in [7, 11) is 0. The van der Waals surface area contributed by atoms with Crippen LogP contribution in [-0.4, -0.2) is 4.98 Å². The summed E-state index contributed by atoms with van der Waals surface area (Å²) in [6.45, 7) is 1.60. The third kappa shape index (κ3) is 2.22. The summed E-state index contributed by atoms with van der Waals surface area (Å²) in [5.41, 5.74) is 1.63. The maximum Gasteiger partial charge on any atom is 0.148 e. The molecule has 0 aliphatic carbocycles. The van der Waals surface area contributed by atoms with E-state index in [0.29, 0.717) is 32.6 Å². The van der Waals surface area contributed by atoms with Gasteiger partial charge in [-0.3, -0.25) is 0 Å². The van der Waals surface area contributed by atoms with Gasteiger partial charge >= 0.3 is 0 Å². The predicted octanol–water partition coefficient (Wildman–Crippen LogP) is 3.97. The molecule has 1 nitrogen and oxygen atoms in total. The Kier molecular flexibility index (Phi) is 4.13. The first kappa shape index (κ1) is 11.4. The van der Waals surface area contributed by atoms with Crippen molar-refractivity contribution in [2.75, 3.05) is 0 Å². The molecule has 1 aromatic heterocycles. The molecule has 0 radical (unpaired) electrons. The van der Waals surface area contributed by atoms with Crippen molar-refractivity contribution in [3.63, 3.8) is 0 Å². The van der Waals surface area contributed by atoms with Gasteiger partial charge in [-0.25, -0.2) is 9.37 Å². The number of hydrogen-bond acceptors (Lipinski definition) is 1. The van der Waals surface area contributed by atoms with E-state index in [0.717, 1.165) is 0 Å². The van der Waals surface area contributed by atoms with Gasteiger partial charge in [0.1, 0.15) is 11.0 Å². The van der Waals surface area contributed by atoms with Crippen LogP contribution in [0.3, 0.4) is 0 Å². The smallest absolute Gasteiger partial charge is 0.148 e. The van der Waals surface area contributed by atoms with Crippen molar-refractivity contribution in [2.24, 2.45) is 0 Å². The molecule has 0 aliphatic rings. The van der Waals surface area contributed by atoms with E-state index in [-0.39, 0.29) is 5.82 Å². The van der Waals surface area contributed by atoms with E-state index in [1.54, 1.807) is 6.92 Å². The van der Waals surface area contributed by atoms with Gasteiger partial charge in [0.25, 0.3) is 0 Å². The summed E-state index contributed by atoms with van der Waals surface area (Å²) in [5, 5.41) is 1.32. The molecule has 0 amide bonds. The van der Waals surface area contributed by atoms with Crippen molar-refractivity contribution in [2.45, 2.75) is 17.6 Å². The van der Waals surface area contributed by atoms with Crippen LogP contribution in [0.25, 0.3) is 0 Å². The molecular weight excluding hydrogens is 324 g/mol. The molecule has 0 spiro atoms. The lowest BCUT2D eigenvalue weighted by molar-refractivity contribution is 0.597. The third-order valence-electron chi connectivity index (χ3n) is 1.73. The van der Waals surface area contributed by atoms with Crippen molar-refractivity contribution < 1.29 is 4.39 Å². The highest BCUT2D eigenvalue weighted by atomic mass is 79.9. The van der Waals surface area contributed by atoms with Gasteiger partial charge in [0.05, 0.1) is 5.69 Å². The molecule has 0 unspecified atom stereocenters. The Bertz CT molecular complexity index is 330. The van der Waals surface area contributed by atoms with Gasteiger partial charge in [0, 0.05) is 21.8 Å². The van der Waals surface area contributed by atoms with Crippen LogP contribution in [-0.2, 0) is 10.7 Å². The van der Waals surface area contributed by atoms with Crippen molar-refractivity contribution in [1.82, 2.24) is 4.98 Å². The molecule has 0 N–H and O–H groups in total. The van der Waals surface area contributed by atoms with Gasteiger partial charge in [-0.2, -0.15) is 0 Å². The first-order chi connectivity index (χ1) is 6.11. The van der Waals surface area contributed by atoms with E-state index >= 15 is 0 Å². The molecule has 1 heterocycles. The zero-order valence-electron chi connectivity index (χ0n) is 6.87. The second-order valence-corrected chi connectivity index (χ2v) is 4.01. The Morgan fingerprint density at radius 1 is 1.31 bits per heavy atom. The molecule has 1 aromatic rings. The topological polar surface area (TPSA) is 12.9 Å². The number of aryl methyl sites for hydroxylation is 1. The molecule has 0 bridgehead atoms. The van der Waals surface area contributed by atoms with Crippen molar-refractivity contribution in [1.29, 1.82) is 0 Å². The van der Waals surface area contributed by atoms with Crippen LogP contribution in [0.15, 0.2) is 0 Å². The highest BCUT2D eigenvalue weighted by Gasteiger charge is 2.14. The molecule has 0 fully saturated rings. The Morgan fingerprint density at radius 3 is 2.31 bits per heavy atom. The molecule has 1 rings (SSSR count). The van der Waals surface area contributed by atoms with Gasteiger partial charge in [-0.05, 0) is 6.92 Å². The highest BCUT2D eigenvalue weighted by molar-refractivity contribution is 9.09. The molecule has 0 saturated carbocycles. The van der Waals surface area contributed by atoms with E-state index in [4.69, 9.17) is 11.6 Å². The molecule has 5 heteroatoms. The third-order valence-corrected chi connectivity index (χ3v) is 3.16. The fourth-order valence-corrected chi connectivity index (χ4v) is 2.67. The van der Waals surface area contributed by atoms with E-state index < -0.39 is 0 Å². The summed E-state index contributed by atoms with van der Waals surface area (Å²) < 4.78 is 13.5. The van der Waals surface area contributed by atoms with E-state index in [1.165, 1.54) is 0 Å². The van der Waals surface area contributed by atoms with Crippen LogP contribution >= 0.6 is 43.5 Å². The average Bonchev–Trinajstić information content (AvgIpc) is 2.10. The van der Waals surface area contributed by atoms with Gasteiger partial charge in [0.2, 0.25) is 0 Å². The second kappa shape index (κ2) is 4.71. The van der Waals surface area contributed by atoms with Gasteiger partial charge in [0.15, 0.2) is 0 Å². The van der Waals surface area contributed by atoms with Crippen LogP contribution < -0.4 is 0 Å². The van der Waals surface area contributed by atoms with E-state index in [1.807, 2.05) is 0 Å². The summed E-state index contributed by atoms with van der Waals surface area (Å²) >= 11 is 12.3. The number of aromatic nitrogens is 1.